The van der Waals surface area contributed by atoms with Gasteiger partial charge in [-0.3, -0.25) is 4.90 Å². The molecule has 106 valence electrons. The number of ether oxygens (including phenoxy) is 1. The van der Waals surface area contributed by atoms with Crippen LogP contribution in [0.3, 0.4) is 0 Å². The van der Waals surface area contributed by atoms with Gasteiger partial charge in [-0.2, -0.15) is 0 Å². The molecule has 3 rings (SSSR count). The van der Waals surface area contributed by atoms with Crippen LogP contribution in [-0.2, 0) is 13.6 Å². The fourth-order valence-corrected chi connectivity index (χ4v) is 2.70. The Labute approximate surface area is 123 Å². The van der Waals surface area contributed by atoms with E-state index in [-0.39, 0.29) is 6.10 Å². The van der Waals surface area contributed by atoms with Crippen LogP contribution in [0.2, 0.25) is 5.02 Å². The van der Waals surface area contributed by atoms with Gasteiger partial charge in [0.15, 0.2) is 0 Å². The first-order valence-corrected chi connectivity index (χ1v) is 7.19. The van der Waals surface area contributed by atoms with E-state index in [0.29, 0.717) is 5.02 Å². The largest absolute Gasteiger partial charge is 0.489 e. The van der Waals surface area contributed by atoms with Gasteiger partial charge in [-0.25, -0.2) is 4.98 Å². The smallest absolute Gasteiger partial charge is 0.122 e. The Kier molecular flexibility index (Phi) is 3.94. The molecular formula is C15H18ClN3O. The first-order chi connectivity index (χ1) is 9.70. The molecule has 1 aliphatic heterocycles. The lowest BCUT2D eigenvalue weighted by molar-refractivity contribution is 0.197. The van der Waals surface area contributed by atoms with E-state index in [0.717, 1.165) is 37.6 Å². The van der Waals surface area contributed by atoms with Gasteiger partial charge >= 0.3 is 0 Å². The summed E-state index contributed by atoms with van der Waals surface area (Å²) in [5.74, 6) is 1.94. The summed E-state index contributed by atoms with van der Waals surface area (Å²) in [6.45, 7) is 2.84. The molecule has 0 amide bonds. The molecule has 0 aliphatic carbocycles. The van der Waals surface area contributed by atoms with Crippen molar-refractivity contribution >= 4 is 11.6 Å². The number of aryl methyl sites for hydroxylation is 1. The second-order valence-electron chi connectivity index (χ2n) is 5.18. The topological polar surface area (TPSA) is 30.3 Å². The van der Waals surface area contributed by atoms with Crippen LogP contribution in [0.15, 0.2) is 36.7 Å². The Morgan fingerprint density at radius 3 is 3.10 bits per heavy atom. The van der Waals surface area contributed by atoms with Crippen molar-refractivity contribution in [2.45, 2.75) is 19.1 Å². The lowest BCUT2D eigenvalue weighted by atomic mass is 10.3. The van der Waals surface area contributed by atoms with Gasteiger partial charge in [-0.05, 0) is 24.6 Å². The molecule has 4 nitrogen and oxygen atoms in total. The van der Waals surface area contributed by atoms with Gasteiger partial charge < -0.3 is 9.30 Å². The van der Waals surface area contributed by atoms with Crippen LogP contribution in [0.4, 0.5) is 0 Å². The molecule has 0 spiro atoms. The zero-order chi connectivity index (χ0) is 13.9. The predicted octanol–water partition coefficient (Wildman–Crippen LogP) is 2.73. The van der Waals surface area contributed by atoms with E-state index < -0.39 is 0 Å². The molecule has 1 aromatic carbocycles. The molecule has 0 radical (unpaired) electrons. The second kappa shape index (κ2) is 5.85. The lowest BCUT2D eigenvalue weighted by Gasteiger charge is -2.16. The highest BCUT2D eigenvalue weighted by Gasteiger charge is 2.24. The molecule has 20 heavy (non-hydrogen) atoms. The number of hydrogen-bond acceptors (Lipinski definition) is 3. The highest BCUT2D eigenvalue weighted by Crippen LogP contribution is 2.22. The summed E-state index contributed by atoms with van der Waals surface area (Å²) in [6, 6.07) is 7.59. The maximum atomic E-state index is 5.98. The van der Waals surface area contributed by atoms with Gasteiger partial charge in [-0.15, -0.1) is 0 Å². The van der Waals surface area contributed by atoms with Crippen molar-refractivity contribution in [3.8, 4) is 5.75 Å². The maximum Gasteiger partial charge on any atom is 0.122 e. The molecule has 1 saturated heterocycles. The number of imidazole rings is 1. The van der Waals surface area contributed by atoms with Gasteiger partial charge in [0.05, 0.1) is 6.54 Å². The predicted molar refractivity (Wildman–Crippen MR) is 79.0 cm³/mol. The molecule has 0 saturated carbocycles. The summed E-state index contributed by atoms with van der Waals surface area (Å²) >= 11 is 5.97. The number of aromatic nitrogens is 2. The summed E-state index contributed by atoms with van der Waals surface area (Å²) in [5, 5.41) is 0.713. The molecule has 1 aliphatic rings. The van der Waals surface area contributed by atoms with Crippen LogP contribution in [-0.4, -0.2) is 33.6 Å². The monoisotopic (exact) mass is 291 g/mol. The molecule has 5 heteroatoms. The van der Waals surface area contributed by atoms with Crippen LogP contribution in [0.25, 0.3) is 0 Å². The van der Waals surface area contributed by atoms with Crippen molar-refractivity contribution in [2.75, 3.05) is 13.1 Å². The highest BCUT2D eigenvalue weighted by molar-refractivity contribution is 6.30. The quantitative estimate of drug-likeness (QED) is 0.868. The van der Waals surface area contributed by atoms with Crippen molar-refractivity contribution < 1.29 is 4.74 Å². The van der Waals surface area contributed by atoms with Crippen molar-refractivity contribution in [1.29, 1.82) is 0 Å². The third-order valence-corrected chi connectivity index (χ3v) is 3.85. The third kappa shape index (κ3) is 3.14. The summed E-state index contributed by atoms with van der Waals surface area (Å²) in [7, 11) is 2.03. The van der Waals surface area contributed by atoms with E-state index in [1.165, 1.54) is 0 Å². The molecule has 0 bridgehead atoms. The van der Waals surface area contributed by atoms with Crippen molar-refractivity contribution in [3.05, 3.63) is 47.5 Å². The average molecular weight is 292 g/mol. The molecule has 1 unspecified atom stereocenters. The maximum absolute atomic E-state index is 5.98. The van der Waals surface area contributed by atoms with E-state index in [4.69, 9.17) is 16.3 Å². The molecule has 0 N–H and O–H groups in total. The van der Waals surface area contributed by atoms with E-state index >= 15 is 0 Å². The number of benzene rings is 1. The van der Waals surface area contributed by atoms with Crippen LogP contribution in [0.5, 0.6) is 5.75 Å². The Hall–Kier alpha value is -1.52. The van der Waals surface area contributed by atoms with Gasteiger partial charge in [-0.1, -0.05) is 17.7 Å². The van der Waals surface area contributed by atoms with Gasteiger partial charge in [0.2, 0.25) is 0 Å². The SMILES string of the molecule is Cn1ccnc1CN1CCC(Oc2cccc(Cl)c2)C1. The van der Waals surface area contributed by atoms with E-state index in [2.05, 4.69) is 14.5 Å². The summed E-state index contributed by atoms with van der Waals surface area (Å²) in [6.07, 6.45) is 5.09. The number of rotatable bonds is 4. The van der Waals surface area contributed by atoms with Gasteiger partial charge in [0.25, 0.3) is 0 Å². The lowest BCUT2D eigenvalue weighted by Crippen LogP contribution is -2.25. The summed E-state index contributed by atoms with van der Waals surface area (Å²) < 4.78 is 8.04. The highest BCUT2D eigenvalue weighted by atomic mass is 35.5. The Bertz CT molecular complexity index is 584. The van der Waals surface area contributed by atoms with E-state index in [1.807, 2.05) is 43.7 Å². The fraction of sp³-hybridized carbons (Fsp3) is 0.400. The minimum absolute atomic E-state index is 0.230. The Morgan fingerprint density at radius 1 is 1.45 bits per heavy atom. The normalized spacial score (nSPS) is 19.4. The first-order valence-electron chi connectivity index (χ1n) is 6.81. The zero-order valence-corrected chi connectivity index (χ0v) is 12.3. The zero-order valence-electron chi connectivity index (χ0n) is 11.5. The number of halogens is 1. The van der Waals surface area contributed by atoms with Crippen molar-refractivity contribution in [1.82, 2.24) is 14.5 Å². The van der Waals surface area contributed by atoms with E-state index in [1.54, 1.807) is 0 Å². The van der Waals surface area contributed by atoms with Crippen LogP contribution < -0.4 is 4.74 Å². The van der Waals surface area contributed by atoms with Crippen LogP contribution >= 0.6 is 11.6 Å². The molecule has 1 aromatic heterocycles. The number of likely N-dealkylation sites (tertiary alicyclic amines) is 1. The van der Waals surface area contributed by atoms with Crippen LogP contribution in [0, 0.1) is 0 Å². The van der Waals surface area contributed by atoms with E-state index in [9.17, 15) is 0 Å². The average Bonchev–Trinajstić information content (AvgIpc) is 3.01. The third-order valence-electron chi connectivity index (χ3n) is 3.61. The van der Waals surface area contributed by atoms with Crippen molar-refractivity contribution in [3.63, 3.8) is 0 Å². The Morgan fingerprint density at radius 2 is 2.35 bits per heavy atom. The number of hydrogen-bond donors (Lipinski definition) is 0. The van der Waals surface area contributed by atoms with Crippen molar-refractivity contribution in [2.24, 2.45) is 7.05 Å². The molecule has 1 fully saturated rings. The minimum Gasteiger partial charge on any atom is -0.489 e. The first kappa shape index (κ1) is 13.5. The summed E-state index contributed by atoms with van der Waals surface area (Å²) in [4.78, 5) is 6.74. The molecule has 1 atom stereocenters. The molecular weight excluding hydrogens is 274 g/mol. The Balaban J connectivity index is 1.56. The van der Waals surface area contributed by atoms with Gasteiger partial charge in [0.1, 0.15) is 17.7 Å². The number of nitrogens with zero attached hydrogens (tertiary/aromatic N) is 3. The standard InChI is InChI=1S/C15H18ClN3O/c1-18-8-6-17-15(18)11-19-7-5-14(10-19)20-13-4-2-3-12(16)9-13/h2-4,6,8-9,14H,5,7,10-11H2,1H3. The molecule has 2 aromatic rings. The molecule has 2 heterocycles. The van der Waals surface area contributed by atoms with Gasteiger partial charge in [0, 0.05) is 37.6 Å². The minimum atomic E-state index is 0.230. The fourth-order valence-electron chi connectivity index (χ4n) is 2.52. The second-order valence-corrected chi connectivity index (χ2v) is 5.61. The summed E-state index contributed by atoms with van der Waals surface area (Å²) in [5.41, 5.74) is 0. The van der Waals surface area contributed by atoms with Crippen LogP contribution in [0.1, 0.15) is 12.2 Å².